The van der Waals surface area contributed by atoms with Crippen molar-refractivity contribution >= 4 is 27.8 Å². The lowest BCUT2D eigenvalue weighted by molar-refractivity contribution is 1.13. The number of aromatic nitrogens is 1. The lowest BCUT2D eigenvalue weighted by Crippen LogP contribution is -2.07. The van der Waals surface area contributed by atoms with Crippen LogP contribution < -0.4 is 4.90 Å². The van der Waals surface area contributed by atoms with Crippen molar-refractivity contribution in [3.63, 3.8) is 0 Å². The van der Waals surface area contributed by atoms with Crippen molar-refractivity contribution in [3.8, 4) is 0 Å². The van der Waals surface area contributed by atoms with Crippen molar-refractivity contribution < 1.29 is 0 Å². The number of anilines is 1. The maximum Gasteiger partial charge on any atom is 0.230 e. The van der Waals surface area contributed by atoms with Gasteiger partial charge in [-0.25, -0.2) is 4.98 Å². The molecule has 0 radical (unpaired) electrons. The third-order valence-corrected chi connectivity index (χ3v) is 3.07. The molecule has 17 heavy (non-hydrogen) atoms. The van der Waals surface area contributed by atoms with Crippen molar-refractivity contribution in [2.75, 3.05) is 19.0 Å². The minimum Gasteiger partial charge on any atom is -0.378 e. The molecule has 0 saturated carbocycles. The average Bonchev–Trinajstić information content (AvgIpc) is 2.73. The predicted octanol–water partition coefficient (Wildman–Crippen LogP) is 3.93. The minimum absolute atomic E-state index is 0.694. The molecule has 4 nitrogen and oxygen atoms in total. The molecule has 0 fully saturated rings. The van der Waals surface area contributed by atoms with Gasteiger partial charge in [-0.05, 0) is 31.2 Å². The maximum absolute atomic E-state index is 4.22. The lowest BCUT2D eigenvalue weighted by Gasteiger charge is -2.11. The number of benzene rings is 1. The Morgan fingerprint density at radius 3 is 2.35 bits per heavy atom. The summed E-state index contributed by atoms with van der Waals surface area (Å²) in [6.45, 7) is 1.95. The van der Waals surface area contributed by atoms with Crippen LogP contribution in [-0.2, 0) is 0 Å². The number of nitrogens with zero attached hydrogens (tertiary/aromatic N) is 4. The molecule has 0 aliphatic heterocycles. The monoisotopic (exact) mass is 246 g/mol. The summed E-state index contributed by atoms with van der Waals surface area (Å²) in [5.74, 6) is 0. The molecule has 0 unspecified atom stereocenters. The van der Waals surface area contributed by atoms with E-state index < -0.39 is 0 Å². The Balaban J connectivity index is 2.11. The molecule has 0 amide bonds. The molecule has 0 aliphatic carbocycles. The number of thiazole rings is 1. The first kappa shape index (κ1) is 11.7. The summed E-state index contributed by atoms with van der Waals surface area (Å²) in [7, 11) is 4.02. The van der Waals surface area contributed by atoms with E-state index in [0.717, 1.165) is 17.1 Å². The summed E-state index contributed by atoms with van der Waals surface area (Å²) in [4.78, 5) is 6.27. The zero-order valence-electron chi connectivity index (χ0n) is 10.1. The van der Waals surface area contributed by atoms with Crippen molar-refractivity contribution in [2.45, 2.75) is 6.92 Å². The van der Waals surface area contributed by atoms with E-state index in [9.17, 15) is 0 Å². The van der Waals surface area contributed by atoms with Gasteiger partial charge in [-0.1, -0.05) is 0 Å². The molecule has 1 aromatic heterocycles. The molecule has 88 valence electrons. The Kier molecular flexibility index (Phi) is 3.49. The molecule has 5 heteroatoms. The largest absolute Gasteiger partial charge is 0.378 e. The van der Waals surface area contributed by atoms with Gasteiger partial charge >= 0.3 is 0 Å². The van der Waals surface area contributed by atoms with Gasteiger partial charge in [-0.15, -0.1) is 21.6 Å². The molecule has 2 aromatic rings. The van der Waals surface area contributed by atoms with Crippen LogP contribution in [0.25, 0.3) is 0 Å². The number of azo groups is 1. The van der Waals surface area contributed by atoms with Gasteiger partial charge in [-0.3, -0.25) is 0 Å². The van der Waals surface area contributed by atoms with Crippen LogP contribution in [0.2, 0.25) is 0 Å². The molecule has 0 spiro atoms. The first-order chi connectivity index (χ1) is 8.15. The molecular weight excluding hydrogens is 232 g/mol. The average molecular weight is 246 g/mol. The molecule has 1 heterocycles. The van der Waals surface area contributed by atoms with E-state index in [1.54, 1.807) is 0 Å². The van der Waals surface area contributed by atoms with E-state index >= 15 is 0 Å². The minimum atomic E-state index is 0.694. The van der Waals surface area contributed by atoms with Crippen LogP contribution in [0.15, 0.2) is 39.9 Å². The second-order valence-electron chi connectivity index (χ2n) is 3.88. The second-order valence-corrected chi connectivity index (χ2v) is 4.72. The third-order valence-electron chi connectivity index (χ3n) is 2.22. The van der Waals surface area contributed by atoms with E-state index in [2.05, 4.69) is 15.2 Å². The highest BCUT2D eigenvalue weighted by Gasteiger charge is 1.97. The van der Waals surface area contributed by atoms with Crippen LogP contribution in [0.4, 0.5) is 16.5 Å². The van der Waals surface area contributed by atoms with E-state index in [1.165, 1.54) is 11.3 Å². The Bertz CT molecular complexity index is 514. The predicted molar refractivity (Wildman–Crippen MR) is 71.8 cm³/mol. The smallest absolute Gasteiger partial charge is 0.230 e. The Morgan fingerprint density at radius 1 is 1.12 bits per heavy atom. The Labute approximate surface area is 105 Å². The lowest BCUT2D eigenvalue weighted by atomic mass is 10.3. The molecule has 0 saturated heterocycles. The summed E-state index contributed by atoms with van der Waals surface area (Å²) in [5.41, 5.74) is 2.96. The number of hydrogen-bond donors (Lipinski definition) is 0. The molecule has 0 N–H and O–H groups in total. The van der Waals surface area contributed by atoms with Gasteiger partial charge in [0.25, 0.3) is 0 Å². The quantitative estimate of drug-likeness (QED) is 0.770. The maximum atomic E-state index is 4.22. The van der Waals surface area contributed by atoms with Crippen molar-refractivity contribution in [3.05, 3.63) is 35.3 Å². The van der Waals surface area contributed by atoms with Crippen LogP contribution in [0.5, 0.6) is 0 Å². The topological polar surface area (TPSA) is 40.9 Å². The first-order valence-corrected chi connectivity index (χ1v) is 6.14. The van der Waals surface area contributed by atoms with Crippen LogP contribution in [0, 0.1) is 6.92 Å². The number of rotatable bonds is 3. The Morgan fingerprint density at radius 2 is 1.82 bits per heavy atom. The fraction of sp³-hybridized carbons (Fsp3) is 0.250. The van der Waals surface area contributed by atoms with E-state index in [4.69, 9.17) is 0 Å². The van der Waals surface area contributed by atoms with Gasteiger partial charge < -0.3 is 4.90 Å². The molecule has 0 atom stereocenters. The van der Waals surface area contributed by atoms with Crippen molar-refractivity contribution in [1.82, 2.24) is 4.98 Å². The SMILES string of the molecule is Cc1csc(N=Nc2ccc(N(C)C)cc2)n1. The summed E-state index contributed by atoms with van der Waals surface area (Å²) >= 11 is 1.50. The van der Waals surface area contributed by atoms with E-state index in [-0.39, 0.29) is 0 Å². The van der Waals surface area contributed by atoms with Gasteiger partial charge in [-0.2, -0.15) is 0 Å². The second kappa shape index (κ2) is 5.05. The van der Waals surface area contributed by atoms with Gasteiger partial charge in [0.2, 0.25) is 5.13 Å². The van der Waals surface area contributed by atoms with Crippen LogP contribution >= 0.6 is 11.3 Å². The van der Waals surface area contributed by atoms with Gasteiger partial charge in [0.05, 0.1) is 11.4 Å². The third kappa shape index (κ3) is 3.10. The number of hydrogen-bond acceptors (Lipinski definition) is 5. The van der Waals surface area contributed by atoms with Gasteiger partial charge in [0, 0.05) is 25.2 Å². The van der Waals surface area contributed by atoms with Gasteiger partial charge in [0.1, 0.15) is 0 Å². The molecule has 0 aliphatic rings. The molecular formula is C12H14N4S. The summed E-state index contributed by atoms with van der Waals surface area (Å²) in [6.07, 6.45) is 0. The standard InChI is InChI=1S/C12H14N4S/c1-9-8-17-12(13-9)15-14-10-4-6-11(7-5-10)16(2)3/h4-8H,1-3H3. The van der Waals surface area contributed by atoms with Crippen LogP contribution in [-0.4, -0.2) is 19.1 Å². The normalized spacial score (nSPS) is 11.0. The zero-order valence-corrected chi connectivity index (χ0v) is 10.9. The van der Waals surface area contributed by atoms with E-state index in [0.29, 0.717) is 5.13 Å². The Hall–Kier alpha value is -1.75. The zero-order chi connectivity index (χ0) is 12.3. The van der Waals surface area contributed by atoms with Gasteiger partial charge in [0.15, 0.2) is 0 Å². The summed E-state index contributed by atoms with van der Waals surface area (Å²) < 4.78 is 0. The fourth-order valence-electron chi connectivity index (χ4n) is 1.31. The highest BCUT2D eigenvalue weighted by atomic mass is 32.1. The van der Waals surface area contributed by atoms with Crippen LogP contribution in [0.3, 0.4) is 0 Å². The van der Waals surface area contributed by atoms with Crippen molar-refractivity contribution in [2.24, 2.45) is 10.2 Å². The highest BCUT2D eigenvalue weighted by Crippen LogP contribution is 2.23. The number of aryl methyl sites for hydroxylation is 1. The van der Waals surface area contributed by atoms with Crippen LogP contribution in [0.1, 0.15) is 5.69 Å². The summed E-state index contributed by atoms with van der Waals surface area (Å²) in [5, 5.41) is 10.9. The highest BCUT2D eigenvalue weighted by molar-refractivity contribution is 7.13. The van der Waals surface area contributed by atoms with Crippen molar-refractivity contribution in [1.29, 1.82) is 0 Å². The van der Waals surface area contributed by atoms with E-state index in [1.807, 2.05) is 55.6 Å². The first-order valence-electron chi connectivity index (χ1n) is 5.26. The summed E-state index contributed by atoms with van der Waals surface area (Å²) in [6, 6.07) is 7.92. The molecule has 2 rings (SSSR count). The molecule has 1 aromatic carbocycles. The molecule has 0 bridgehead atoms. The fourth-order valence-corrected chi connectivity index (χ4v) is 1.92.